The van der Waals surface area contributed by atoms with Gasteiger partial charge in [0.1, 0.15) is 6.61 Å². The minimum Gasteiger partial charge on any atom is -0.396 e. The van der Waals surface area contributed by atoms with E-state index in [2.05, 4.69) is 21.1 Å². The van der Waals surface area contributed by atoms with Gasteiger partial charge in [-0.25, -0.2) is 0 Å². The lowest BCUT2D eigenvalue weighted by Crippen LogP contribution is -1.97. The maximum atomic E-state index is 5.15. The zero-order valence-electron chi connectivity index (χ0n) is 8.24. The van der Waals surface area contributed by atoms with Crippen LogP contribution in [0, 0.1) is 0 Å². The third kappa shape index (κ3) is 3.92. The fourth-order valence-electron chi connectivity index (χ4n) is 0.994. The Hall–Kier alpha value is -0.830. The molecular formula is C11H14BrNO. The predicted molar refractivity (Wildman–Crippen MR) is 63.0 cm³/mol. The fraction of sp³-hybridized carbons (Fsp3) is 0.364. The Bertz CT molecular complexity index is 285. The number of benzene rings is 1. The van der Waals surface area contributed by atoms with E-state index in [-0.39, 0.29) is 0 Å². The molecule has 0 aliphatic heterocycles. The van der Waals surface area contributed by atoms with Crippen LogP contribution in [0.15, 0.2) is 35.5 Å². The molecule has 0 spiro atoms. The Labute approximate surface area is 93.1 Å². The van der Waals surface area contributed by atoms with Crippen LogP contribution in [0.3, 0.4) is 0 Å². The second kappa shape index (κ2) is 6.60. The minimum atomic E-state index is 0.662. The third-order valence-electron chi connectivity index (χ3n) is 1.76. The summed E-state index contributed by atoms with van der Waals surface area (Å²) >= 11 is 3.33. The van der Waals surface area contributed by atoms with E-state index in [1.165, 1.54) is 0 Å². The van der Waals surface area contributed by atoms with Crippen molar-refractivity contribution >= 4 is 21.6 Å². The van der Waals surface area contributed by atoms with Crippen molar-refractivity contribution in [3.63, 3.8) is 0 Å². The number of rotatable bonds is 5. The molecule has 0 heterocycles. The monoisotopic (exact) mass is 255 g/mol. The fourth-order valence-corrected chi connectivity index (χ4v) is 1.22. The molecule has 0 saturated carbocycles. The summed E-state index contributed by atoms with van der Waals surface area (Å²) in [5.74, 6) is 0. The lowest BCUT2D eigenvalue weighted by Gasteiger charge is -2.00. The van der Waals surface area contributed by atoms with Gasteiger partial charge in [0.2, 0.25) is 0 Å². The smallest absolute Gasteiger partial charge is 0.118 e. The zero-order chi connectivity index (χ0) is 10.2. The van der Waals surface area contributed by atoms with Crippen molar-refractivity contribution in [2.24, 2.45) is 5.16 Å². The van der Waals surface area contributed by atoms with Crippen LogP contribution >= 0.6 is 15.9 Å². The Balaban J connectivity index is 2.44. The molecule has 0 unspecified atom stereocenters. The van der Waals surface area contributed by atoms with Crippen molar-refractivity contribution in [1.82, 2.24) is 0 Å². The molecule has 0 radical (unpaired) electrons. The molecule has 3 heteroatoms. The zero-order valence-corrected chi connectivity index (χ0v) is 9.83. The second-order valence-corrected chi connectivity index (χ2v) is 3.71. The van der Waals surface area contributed by atoms with Crippen LogP contribution in [-0.4, -0.2) is 17.6 Å². The molecule has 1 aromatic rings. The van der Waals surface area contributed by atoms with Crippen LogP contribution in [0.25, 0.3) is 0 Å². The minimum absolute atomic E-state index is 0.662. The van der Waals surface area contributed by atoms with Crippen LogP contribution < -0.4 is 0 Å². The molecule has 0 N–H and O–H groups in total. The van der Waals surface area contributed by atoms with E-state index in [4.69, 9.17) is 4.84 Å². The molecule has 14 heavy (non-hydrogen) atoms. The Morgan fingerprint density at radius 3 is 2.71 bits per heavy atom. The molecule has 0 aliphatic rings. The first kappa shape index (κ1) is 11.2. The summed E-state index contributed by atoms with van der Waals surface area (Å²) in [6, 6.07) is 10.0. The molecular weight excluding hydrogens is 242 g/mol. The molecule has 0 saturated heterocycles. The molecule has 76 valence electrons. The highest BCUT2D eigenvalue weighted by Gasteiger charge is 1.95. The first-order valence-electron chi connectivity index (χ1n) is 4.62. The van der Waals surface area contributed by atoms with Gasteiger partial charge in [-0.1, -0.05) is 51.4 Å². The van der Waals surface area contributed by atoms with Gasteiger partial charge in [0.15, 0.2) is 0 Å². The molecule has 0 atom stereocenters. The maximum Gasteiger partial charge on any atom is 0.118 e. The van der Waals surface area contributed by atoms with Crippen molar-refractivity contribution in [1.29, 1.82) is 0 Å². The van der Waals surface area contributed by atoms with Gasteiger partial charge in [0, 0.05) is 5.33 Å². The van der Waals surface area contributed by atoms with Crippen molar-refractivity contribution in [2.45, 2.75) is 13.3 Å². The predicted octanol–water partition coefficient (Wildman–Crippen LogP) is 3.21. The lowest BCUT2D eigenvalue weighted by molar-refractivity contribution is 0.146. The van der Waals surface area contributed by atoms with Gasteiger partial charge < -0.3 is 4.84 Å². The van der Waals surface area contributed by atoms with Crippen LogP contribution in [-0.2, 0) is 4.84 Å². The summed E-state index contributed by atoms with van der Waals surface area (Å²) in [7, 11) is 0. The standard InChI is InChI=1S/C11H14BrNO/c1-10(13-14-9-5-8-12)11-6-3-2-4-7-11/h2-4,6-7H,5,8-9H2,1H3/b13-10+. The summed E-state index contributed by atoms with van der Waals surface area (Å²) < 4.78 is 0. The lowest BCUT2D eigenvalue weighted by atomic mass is 10.1. The van der Waals surface area contributed by atoms with E-state index in [0.29, 0.717) is 6.61 Å². The van der Waals surface area contributed by atoms with E-state index >= 15 is 0 Å². The van der Waals surface area contributed by atoms with E-state index in [1.807, 2.05) is 37.3 Å². The molecule has 1 aromatic carbocycles. The number of hydrogen-bond donors (Lipinski definition) is 0. The van der Waals surface area contributed by atoms with Gasteiger partial charge in [-0.05, 0) is 18.9 Å². The average Bonchev–Trinajstić information content (AvgIpc) is 2.25. The summed E-state index contributed by atoms with van der Waals surface area (Å²) in [6.45, 7) is 2.61. The van der Waals surface area contributed by atoms with E-state index in [9.17, 15) is 0 Å². The highest BCUT2D eigenvalue weighted by Crippen LogP contribution is 2.01. The van der Waals surface area contributed by atoms with E-state index in [0.717, 1.165) is 23.0 Å². The van der Waals surface area contributed by atoms with Crippen LogP contribution in [0.1, 0.15) is 18.9 Å². The van der Waals surface area contributed by atoms with Gasteiger partial charge in [0.05, 0.1) is 5.71 Å². The topological polar surface area (TPSA) is 21.6 Å². The number of halogens is 1. The molecule has 2 nitrogen and oxygen atoms in total. The summed E-state index contributed by atoms with van der Waals surface area (Å²) in [4.78, 5) is 5.15. The average molecular weight is 256 g/mol. The van der Waals surface area contributed by atoms with Gasteiger partial charge in [-0.2, -0.15) is 0 Å². The van der Waals surface area contributed by atoms with Crippen molar-refractivity contribution < 1.29 is 4.84 Å². The maximum absolute atomic E-state index is 5.15. The Morgan fingerprint density at radius 1 is 1.36 bits per heavy atom. The van der Waals surface area contributed by atoms with Crippen LogP contribution in [0.2, 0.25) is 0 Å². The van der Waals surface area contributed by atoms with E-state index in [1.54, 1.807) is 0 Å². The molecule has 0 fully saturated rings. The first-order chi connectivity index (χ1) is 6.84. The third-order valence-corrected chi connectivity index (χ3v) is 2.32. The summed E-state index contributed by atoms with van der Waals surface area (Å²) in [5.41, 5.74) is 2.02. The molecule has 0 amide bonds. The van der Waals surface area contributed by atoms with Gasteiger partial charge in [-0.3, -0.25) is 0 Å². The number of nitrogens with zero attached hydrogens (tertiary/aromatic N) is 1. The van der Waals surface area contributed by atoms with Crippen LogP contribution in [0.5, 0.6) is 0 Å². The number of alkyl halides is 1. The van der Waals surface area contributed by atoms with E-state index < -0.39 is 0 Å². The summed E-state index contributed by atoms with van der Waals surface area (Å²) in [5, 5.41) is 4.98. The van der Waals surface area contributed by atoms with Gasteiger partial charge in [-0.15, -0.1) is 0 Å². The second-order valence-electron chi connectivity index (χ2n) is 2.92. The molecule has 0 aliphatic carbocycles. The van der Waals surface area contributed by atoms with Crippen molar-refractivity contribution in [3.05, 3.63) is 35.9 Å². The highest BCUT2D eigenvalue weighted by atomic mass is 79.9. The SMILES string of the molecule is C/C(=N\OCCCBr)c1ccccc1. The van der Waals surface area contributed by atoms with Crippen molar-refractivity contribution in [2.75, 3.05) is 11.9 Å². The Kier molecular flexibility index (Phi) is 5.30. The van der Waals surface area contributed by atoms with Gasteiger partial charge >= 0.3 is 0 Å². The van der Waals surface area contributed by atoms with Gasteiger partial charge in [0.25, 0.3) is 0 Å². The number of hydrogen-bond acceptors (Lipinski definition) is 2. The normalized spacial score (nSPS) is 11.4. The highest BCUT2D eigenvalue weighted by molar-refractivity contribution is 9.09. The van der Waals surface area contributed by atoms with Crippen LogP contribution in [0.4, 0.5) is 0 Å². The molecule has 1 rings (SSSR count). The van der Waals surface area contributed by atoms with Crippen molar-refractivity contribution in [3.8, 4) is 0 Å². The summed E-state index contributed by atoms with van der Waals surface area (Å²) in [6.07, 6.45) is 0.978. The molecule has 0 bridgehead atoms. The molecule has 0 aromatic heterocycles. The Morgan fingerprint density at radius 2 is 2.07 bits per heavy atom. The quantitative estimate of drug-likeness (QED) is 0.343. The first-order valence-corrected chi connectivity index (χ1v) is 5.74. The largest absolute Gasteiger partial charge is 0.396 e. The number of oxime groups is 1.